The normalized spacial score (nSPS) is 21.3. The Hall–Kier alpha value is -1.64. The molecule has 0 N–H and O–H groups in total. The number of carbonyl (C=O) groups excluding carboxylic acids is 1. The Morgan fingerprint density at radius 3 is 2.43 bits per heavy atom. The number of hydrogen-bond donors (Lipinski definition) is 0. The van der Waals surface area contributed by atoms with E-state index in [4.69, 9.17) is 0 Å². The Morgan fingerprint density at radius 1 is 1.29 bits per heavy atom. The highest BCUT2D eigenvalue weighted by atomic mass is 16.2. The molecule has 1 aliphatic rings. The predicted molar refractivity (Wildman–Crippen MR) is 55.6 cm³/mol. The molecule has 3 heteroatoms. The van der Waals surface area contributed by atoms with Crippen molar-refractivity contribution < 1.29 is 4.79 Å². The van der Waals surface area contributed by atoms with Crippen LogP contribution in [0.15, 0.2) is 35.3 Å². The Bertz CT molecular complexity index is 384. The lowest BCUT2D eigenvalue weighted by Crippen LogP contribution is -2.31. The minimum Gasteiger partial charge on any atom is -0.318 e. The van der Waals surface area contributed by atoms with Crippen LogP contribution in [0.4, 0.5) is 4.79 Å². The molecule has 3 nitrogen and oxygen atoms in total. The van der Waals surface area contributed by atoms with Gasteiger partial charge in [0.25, 0.3) is 0 Å². The summed E-state index contributed by atoms with van der Waals surface area (Å²) in [6, 6.07) is 9.72. The maximum absolute atomic E-state index is 11.3. The van der Waals surface area contributed by atoms with Crippen LogP contribution in [0.25, 0.3) is 0 Å². The van der Waals surface area contributed by atoms with E-state index in [1.807, 2.05) is 37.3 Å². The van der Waals surface area contributed by atoms with E-state index < -0.39 is 0 Å². The van der Waals surface area contributed by atoms with Crippen molar-refractivity contribution in [1.82, 2.24) is 4.90 Å². The van der Waals surface area contributed by atoms with Crippen LogP contribution >= 0.6 is 0 Å². The zero-order valence-electron chi connectivity index (χ0n) is 8.27. The Morgan fingerprint density at radius 2 is 1.93 bits per heavy atom. The number of benzene rings is 1. The molecule has 1 unspecified atom stereocenters. The van der Waals surface area contributed by atoms with Gasteiger partial charge < -0.3 is 4.90 Å². The van der Waals surface area contributed by atoms with Crippen LogP contribution in [0.2, 0.25) is 0 Å². The monoisotopic (exact) mass is 188 g/mol. The van der Waals surface area contributed by atoms with Crippen LogP contribution in [-0.4, -0.2) is 29.7 Å². The number of rotatable bonds is 1. The fourth-order valence-corrected chi connectivity index (χ4v) is 1.54. The van der Waals surface area contributed by atoms with Crippen LogP contribution in [0.1, 0.15) is 12.5 Å². The van der Waals surface area contributed by atoms with Crippen LogP contribution < -0.4 is 0 Å². The van der Waals surface area contributed by atoms with Crippen LogP contribution in [0.5, 0.6) is 0 Å². The molecule has 2 rings (SSSR count). The van der Waals surface area contributed by atoms with Crippen molar-refractivity contribution in [3.63, 3.8) is 0 Å². The fraction of sp³-hybridized carbons (Fsp3) is 0.273. The lowest BCUT2D eigenvalue weighted by atomic mass is 10.1. The van der Waals surface area contributed by atoms with Crippen molar-refractivity contribution in [2.45, 2.75) is 13.0 Å². The molecule has 2 amide bonds. The average Bonchev–Trinajstić information content (AvgIpc) is 2.47. The molecule has 0 saturated heterocycles. The van der Waals surface area contributed by atoms with Gasteiger partial charge in [0.05, 0.1) is 11.8 Å². The van der Waals surface area contributed by atoms with Gasteiger partial charge in [0, 0.05) is 7.05 Å². The van der Waals surface area contributed by atoms with Gasteiger partial charge in [-0.3, -0.25) is 0 Å². The largest absolute Gasteiger partial charge is 0.344 e. The lowest BCUT2D eigenvalue weighted by Gasteiger charge is -2.15. The molecule has 72 valence electrons. The maximum Gasteiger partial charge on any atom is 0.344 e. The molecular formula is C11H12N2O. The van der Waals surface area contributed by atoms with Crippen molar-refractivity contribution in [2.75, 3.05) is 7.05 Å². The van der Waals surface area contributed by atoms with E-state index in [0.717, 1.165) is 11.3 Å². The summed E-state index contributed by atoms with van der Waals surface area (Å²) in [7, 11) is 1.77. The molecule has 0 bridgehead atoms. The first-order chi connectivity index (χ1) is 6.70. The molecule has 0 radical (unpaired) electrons. The number of amides is 2. The molecule has 14 heavy (non-hydrogen) atoms. The highest BCUT2D eigenvalue weighted by Crippen LogP contribution is 2.16. The zero-order valence-corrected chi connectivity index (χ0v) is 8.27. The average molecular weight is 188 g/mol. The molecule has 1 aromatic carbocycles. The fourth-order valence-electron chi connectivity index (χ4n) is 1.54. The highest BCUT2D eigenvalue weighted by molar-refractivity contribution is 6.13. The molecule has 1 aromatic rings. The van der Waals surface area contributed by atoms with Crippen molar-refractivity contribution in [3.8, 4) is 0 Å². The second kappa shape index (κ2) is 3.25. The second-order valence-electron chi connectivity index (χ2n) is 3.43. The van der Waals surface area contributed by atoms with E-state index in [-0.39, 0.29) is 12.1 Å². The van der Waals surface area contributed by atoms with Crippen molar-refractivity contribution >= 4 is 11.7 Å². The van der Waals surface area contributed by atoms with Gasteiger partial charge in [-0.1, -0.05) is 30.3 Å². The van der Waals surface area contributed by atoms with Gasteiger partial charge in [0.15, 0.2) is 0 Å². The molecule has 0 aliphatic carbocycles. The van der Waals surface area contributed by atoms with Gasteiger partial charge in [-0.05, 0) is 12.5 Å². The Kier molecular flexibility index (Phi) is 2.08. The first-order valence-corrected chi connectivity index (χ1v) is 4.61. The third-order valence-electron chi connectivity index (χ3n) is 2.56. The number of likely N-dealkylation sites (N-methyl/N-ethyl adjacent to an activating group) is 1. The molecule has 0 saturated carbocycles. The smallest absolute Gasteiger partial charge is 0.318 e. The number of hydrogen-bond acceptors (Lipinski definition) is 1. The van der Waals surface area contributed by atoms with Crippen LogP contribution in [0, 0.1) is 0 Å². The number of urea groups is 1. The first kappa shape index (κ1) is 8.94. The van der Waals surface area contributed by atoms with Gasteiger partial charge in [0.2, 0.25) is 0 Å². The second-order valence-corrected chi connectivity index (χ2v) is 3.43. The summed E-state index contributed by atoms with van der Waals surface area (Å²) in [5.41, 5.74) is 1.89. The van der Waals surface area contributed by atoms with E-state index in [2.05, 4.69) is 4.99 Å². The van der Waals surface area contributed by atoms with Crippen molar-refractivity contribution in [1.29, 1.82) is 0 Å². The van der Waals surface area contributed by atoms with Gasteiger partial charge in [-0.15, -0.1) is 0 Å². The van der Waals surface area contributed by atoms with E-state index in [1.165, 1.54) is 0 Å². The lowest BCUT2D eigenvalue weighted by molar-refractivity contribution is 0.220. The van der Waals surface area contributed by atoms with Crippen molar-refractivity contribution in [2.24, 2.45) is 4.99 Å². The molecule has 0 fully saturated rings. The van der Waals surface area contributed by atoms with Crippen molar-refractivity contribution in [3.05, 3.63) is 35.9 Å². The topological polar surface area (TPSA) is 32.7 Å². The van der Waals surface area contributed by atoms with E-state index >= 15 is 0 Å². The SMILES string of the molecule is CC1C(c2ccccc2)=NC(=O)N1C. The van der Waals surface area contributed by atoms with Gasteiger partial charge in [0.1, 0.15) is 0 Å². The predicted octanol–water partition coefficient (Wildman–Crippen LogP) is 1.93. The molecule has 1 heterocycles. The summed E-state index contributed by atoms with van der Waals surface area (Å²) in [5.74, 6) is 0. The molecule has 1 aliphatic heterocycles. The summed E-state index contributed by atoms with van der Waals surface area (Å²) in [6.45, 7) is 1.98. The standard InChI is InChI=1S/C11H12N2O/c1-8-10(12-11(14)13(8)2)9-6-4-3-5-7-9/h3-8H,1-2H3. The molecule has 0 spiro atoms. The Balaban J connectivity index is 2.38. The molecular weight excluding hydrogens is 176 g/mol. The quantitative estimate of drug-likeness (QED) is 0.662. The summed E-state index contributed by atoms with van der Waals surface area (Å²) in [5, 5.41) is 0. The summed E-state index contributed by atoms with van der Waals surface area (Å²) >= 11 is 0. The summed E-state index contributed by atoms with van der Waals surface area (Å²) in [6.07, 6.45) is 0. The van der Waals surface area contributed by atoms with Gasteiger partial charge in [-0.25, -0.2) is 4.79 Å². The third-order valence-corrected chi connectivity index (χ3v) is 2.56. The van der Waals surface area contributed by atoms with E-state index in [1.54, 1.807) is 11.9 Å². The van der Waals surface area contributed by atoms with Gasteiger partial charge in [-0.2, -0.15) is 4.99 Å². The minimum absolute atomic E-state index is 0.0740. The third kappa shape index (κ3) is 1.31. The summed E-state index contributed by atoms with van der Waals surface area (Å²) in [4.78, 5) is 17.0. The molecule has 0 aromatic heterocycles. The van der Waals surface area contributed by atoms with Crippen LogP contribution in [0.3, 0.4) is 0 Å². The number of nitrogens with zero attached hydrogens (tertiary/aromatic N) is 2. The number of carbonyl (C=O) groups is 1. The molecule has 1 atom stereocenters. The van der Waals surface area contributed by atoms with Crippen LogP contribution in [-0.2, 0) is 0 Å². The number of aliphatic imine (C=N–C) groups is 1. The minimum atomic E-state index is -0.156. The summed E-state index contributed by atoms with van der Waals surface area (Å²) < 4.78 is 0. The first-order valence-electron chi connectivity index (χ1n) is 4.61. The Labute approximate surface area is 83.1 Å². The van der Waals surface area contributed by atoms with E-state index in [0.29, 0.717) is 0 Å². The zero-order chi connectivity index (χ0) is 10.1. The van der Waals surface area contributed by atoms with Gasteiger partial charge >= 0.3 is 6.03 Å². The van der Waals surface area contributed by atoms with E-state index in [9.17, 15) is 4.79 Å². The maximum atomic E-state index is 11.3. The highest BCUT2D eigenvalue weighted by Gasteiger charge is 2.28.